The quantitative estimate of drug-likeness (QED) is 0.865. The molecular weight excluding hydrogens is 228 g/mol. The van der Waals surface area contributed by atoms with Crippen LogP contribution in [0.5, 0.6) is 0 Å². The molecule has 1 atom stereocenters. The summed E-state index contributed by atoms with van der Waals surface area (Å²) < 4.78 is 4.59. The number of rotatable bonds is 2. The number of nitrogens with zero attached hydrogens (tertiary/aromatic N) is 2. The SMILES string of the molecule is OC(c1ccsn1)c1ncc(Cl)s1. The van der Waals surface area contributed by atoms with Crippen LogP contribution in [0.25, 0.3) is 0 Å². The molecule has 0 spiro atoms. The molecule has 0 amide bonds. The summed E-state index contributed by atoms with van der Waals surface area (Å²) in [5, 5.41) is 12.1. The number of hydrogen-bond donors (Lipinski definition) is 1. The van der Waals surface area contributed by atoms with Crippen molar-refractivity contribution in [2.24, 2.45) is 0 Å². The van der Waals surface area contributed by atoms with Crippen molar-refractivity contribution in [1.29, 1.82) is 0 Å². The maximum absolute atomic E-state index is 9.73. The third-order valence-corrected chi connectivity index (χ3v) is 3.21. The molecule has 13 heavy (non-hydrogen) atoms. The van der Waals surface area contributed by atoms with Gasteiger partial charge in [0.2, 0.25) is 0 Å². The van der Waals surface area contributed by atoms with E-state index in [2.05, 4.69) is 9.36 Å². The van der Waals surface area contributed by atoms with Crippen LogP contribution < -0.4 is 0 Å². The van der Waals surface area contributed by atoms with Crippen molar-refractivity contribution in [2.45, 2.75) is 6.10 Å². The molecule has 0 saturated carbocycles. The van der Waals surface area contributed by atoms with Gasteiger partial charge in [-0.15, -0.1) is 11.3 Å². The van der Waals surface area contributed by atoms with Gasteiger partial charge in [0.25, 0.3) is 0 Å². The van der Waals surface area contributed by atoms with E-state index in [0.717, 1.165) is 0 Å². The molecule has 0 aliphatic heterocycles. The molecule has 2 rings (SSSR count). The summed E-state index contributed by atoms with van der Waals surface area (Å²) in [4.78, 5) is 3.97. The fourth-order valence-electron chi connectivity index (χ4n) is 0.883. The van der Waals surface area contributed by atoms with Gasteiger partial charge >= 0.3 is 0 Å². The predicted molar refractivity (Wildman–Crippen MR) is 53.3 cm³/mol. The van der Waals surface area contributed by atoms with E-state index in [0.29, 0.717) is 15.0 Å². The van der Waals surface area contributed by atoms with Crippen LogP contribution >= 0.6 is 34.5 Å². The van der Waals surface area contributed by atoms with Crippen LogP contribution in [0.4, 0.5) is 0 Å². The largest absolute Gasteiger partial charge is 0.379 e. The molecule has 2 heterocycles. The van der Waals surface area contributed by atoms with Crippen LogP contribution in [0.3, 0.4) is 0 Å². The summed E-state index contributed by atoms with van der Waals surface area (Å²) in [6, 6.07) is 1.77. The van der Waals surface area contributed by atoms with Gasteiger partial charge in [0.05, 0.1) is 11.9 Å². The summed E-state index contributed by atoms with van der Waals surface area (Å²) in [5.74, 6) is 0. The lowest BCUT2D eigenvalue weighted by molar-refractivity contribution is 0.216. The highest BCUT2D eigenvalue weighted by Crippen LogP contribution is 2.27. The van der Waals surface area contributed by atoms with Crippen molar-refractivity contribution in [2.75, 3.05) is 0 Å². The van der Waals surface area contributed by atoms with E-state index in [-0.39, 0.29) is 0 Å². The van der Waals surface area contributed by atoms with Crippen molar-refractivity contribution < 1.29 is 5.11 Å². The lowest BCUT2D eigenvalue weighted by atomic mass is 10.3. The first-order chi connectivity index (χ1) is 6.27. The summed E-state index contributed by atoms with van der Waals surface area (Å²) in [5.41, 5.74) is 0.621. The Morgan fingerprint density at radius 1 is 1.54 bits per heavy atom. The van der Waals surface area contributed by atoms with E-state index in [4.69, 9.17) is 11.6 Å². The van der Waals surface area contributed by atoms with Crippen LogP contribution in [0.1, 0.15) is 16.8 Å². The highest BCUT2D eigenvalue weighted by atomic mass is 35.5. The molecule has 0 fully saturated rings. The normalized spacial score (nSPS) is 13.1. The molecule has 3 nitrogen and oxygen atoms in total. The summed E-state index contributed by atoms with van der Waals surface area (Å²) in [6.45, 7) is 0. The summed E-state index contributed by atoms with van der Waals surface area (Å²) in [6.07, 6.45) is 0.778. The maximum atomic E-state index is 9.73. The standard InChI is InChI=1S/C7H5ClN2OS2/c8-5-3-9-7(13-5)6(11)4-1-2-12-10-4/h1-3,6,11H. The van der Waals surface area contributed by atoms with Gasteiger partial charge in [0.15, 0.2) is 0 Å². The van der Waals surface area contributed by atoms with Gasteiger partial charge in [-0.1, -0.05) is 11.6 Å². The molecule has 1 unspecified atom stereocenters. The fourth-order valence-corrected chi connectivity index (χ4v) is 2.36. The average molecular weight is 233 g/mol. The highest BCUT2D eigenvalue weighted by Gasteiger charge is 2.15. The van der Waals surface area contributed by atoms with Crippen molar-refractivity contribution in [3.05, 3.63) is 32.7 Å². The lowest BCUT2D eigenvalue weighted by Gasteiger charge is -2.01. The third-order valence-electron chi connectivity index (χ3n) is 1.47. The molecule has 1 N–H and O–H groups in total. The molecule has 2 aromatic heterocycles. The van der Waals surface area contributed by atoms with Gasteiger partial charge < -0.3 is 5.11 Å². The molecule has 2 aromatic rings. The van der Waals surface area contributed by atoms with Gasteiger partial charge in [-0.3, -0.25) is 0 Å². The third kappa shape index (κ3) is 1.88. The highest BCUT2D eigenvalue weighted by molar-refractivity contribution is 7.15. The lowest BCUT2D eigenvalue weighted by Crippen LogP contribution is -1.98. The van der Waals surface area contributed by atoms with E-state index in [9.17, 15) is 5.11 Å². The van der Waals surface area contributed by atoms with E-state index >= 15 is 0 Å². The predicted octanol–water partition coefficient (Wildman–Crippen LogP) is 2.33. The average Bonchev–Trinajstić information content (AvgIpc) is 2.72. The van der Waals surface area contributed by atoms with Crippen LogP contribution in [0.15, 0.2) is 17.6 Å². The minimum absolute atomic E-state index is 0.573. The summed E-state index contributed by atoms with van der Waals surface area (Å²) >= 11 is 8.26. The minimum atomic E-state index is -0.747. The first-order valence-corrected chi connectivity index (χ1v) is 5.50. The van der Waals surface area contributed by atoms with Crippen LogP contribution in [-0.4, -0.2) is 14.5 Å². The number of aliphatic hydroxyl groups excluding tert-OH is 1. The Balaban J connectivity index is 2.28. The van der Waals surface area contributed by atoms with Crippen LogP contribution in [0.2, 0.25) is 4.34 Å². The number of aliphatic hydroxyl groups is 1. The second kappa shape index (κ2) is 3.71. The fraction of sp³-hybridized carbons (Fsp3) is 0.143. The van der Waals surface area contributed by atoms with Gasteiger partial charge in [-0.25, -0.2) is 4.98 Å². The maximum Gasteiger partial charge on any atom is 0.148 e. The Morgan fingerprint density at radius 3 is 2.92 bits per heavy atom. The van der Waals surface area contributed by atoms with Gasteiger partial charge in [-0.2, -0.15) is 4.37 Å². The molecule has 0 aromatic carbocycles. The Bertz CT molecular complexity index is 387. The zero-order valence-electron chi connectivity index (χ0n) is 6.35. The summed E-state index contributed by atoms with van der Waals surface area (Å²) in [7, 11) is 0. The number of hydrogen-bond acceptors (Lipinski definition) is 5. The molecular formula is C7H5ClN2OS2. The van der Waals surface area contributed by atoms with Crippen molar-refractivity contribution >= 4 is 34.5 Å². The topological polar surface area (TPSA) is 46.0 Å². The minimum Gasteiger partial charge on any atom is -0.379 e. The molecule has 0 aliphatic carbocycles. The van der Waals surface area contributed by atoms with E-state index in [1.54, 1.807) is 6.07 Å². The monoisotopic (exact) mass is 232 g/mol. The molecule has 6 heteroatoms. The first kappa shape index (κ1) is 9.08. The molecule has 0 radical (unpaired) electrons. The number of aromatic nitrogens is 2. The second-order valence-corrected chi connectivity index (χ2v) is 4.69. The van der Waals surface area contributed by atoms with Crippen molar-refractivity contribution in [3.8, 4) is 0 Å². The van der Waals surface area contributed by atoms with E-state index in [1.807, 2.05) is 5.38 Å². The first-order valence-electron chi connectivity index (χ1n) is 3.47. The smallest absolute Gasteiger partial charge is 0.148 e. The zero-order valence-corrected chi connectivity index (χ0v) is 8.73. The Kier molecular flexibility index (Phi) is 2.59. The molecule has 68 valence electrons. The van der Waals surface area contributed by atoms with Crippen LogP contribution in [-0.2, 0) is 0 Å². The van der Waals surface area contributed by atoms with E-state index < -0.39 is 6.10 Å². The Hall–Kier alpha value is -0.490. The molecule has 0 saturated heterocycles. The van der Waals surface area contributed by atoms with Gasteiger partial charge in [-0.05, 0) is 17.6 Å². The van der Waals surface area contributed by atoms with Gasteiger partial charge in [0, 0.05) is 5.38 Å². The number of thiazole rings is 1. The Labute approximate surface area is 87.8 Å². The molecule has 0 aliphatic rings. The Morgan fingerprint density at radius 2 is 2.38 bits per heavy atom. The van der Waals surface area contributed by atoms with Gasteiger partial charge in [0.1, 0.15) is 15.4 Å². The van der Waals surface area contributed by atoms with Crippen molar-refractivity contribution in [1.82, 2.24) is 9.36 Å². The van der Waals surface area contributed by atoms with Crippen LogP contribution in [0, 0.1) is 0 Å². The van der Waals surface area contributed by atoms with Crippen molar-refractivity contribution in [3.63, 3.8) is 0 Å². The number of halogens is 1. The molecule has 0 bridgehead atoms. The zero-order chi connectivity index (χ0) is 9.26. The van der Waals surface area contributed by atoms with E-state index in [1.165, 1.54) is 29.1 Å². The second-order valence-electron chi connectivity index (χ2n) is 2.33.